The molecule has 0 saturated carbocycles. The van der Waals surface area contributed by atoms with Crippen LogP contribution >= 0.6 is 0 Å². The maximum atomic E-state index is 12.4. The zero-order chi connectivity index (χ0) is 19.7. The van der Waals surface area contributed by atoms with Crippen LogP contribution in [-0.4, -0.2) is 33.7 Å². The van der Waals surface area contributed by atoms with Gasteiger partial charge in [0.2, 0.25) is 0 Å². The van der Waals surface area contributed by atoms with Gasteiger partial charge in [0.25, 0.3) is 0 Å². The molecule has 1 aromatic carbocycles. The summed E-state index contributed by atoms with van der Waals surface area (Å²) in [4.78, 5) is 0.384. The van der Waals surface area contributed by atoms with Crippen molar-refractivity contribution >= 4 is 9.84 Å². The van der Waals surface area contributed by atoms with Gasteiger partial charge in [-0.2, -0.15) is 0 Å². The second kappa shape index (κ2) is 10.8. The molecule has 1 aliphatic heterocycles. The van der Waals surface area contributed by atoms with E-state index in [9.17, 15) is 8.42 Å². The second-order valence-electron chi connectivity index (χ2n) is 7.34. The highest BCUT2D eigenvalue weighted by Gasteiger charge is 2.14. The Kier molecular flexibility index (Phi) is 8.74. The summed E-state index contributed by atoms with van der Waals surface area (Å²) in [5.74, 6) is 0.0483. The van der Waals surface area contributed by atoms with Crippen molar-refractivity contribution in [2.45, 2.75) is 64.1 Å². The number of hydrogen-bond acceptors (Lipinski definition) is 4. The molecule has 1 aliphatic rings. The van der Waals surface area contributed by atoms with Gasteiger partial charge in [0.1, 0.15) is 0 Å². The molecule has 1 unspecified atom stereocenters. The van der Waals surface area contributed by atoms with Gasteiger partial charge < -0.3 is 9.47 Å². The normalized spacial score (nSPS) is 19.3. The summed E-state index contributed by atoms with van der Waals surface area (Å²) in [5, 5.41) is 0. The third-order valence-corrected chi connectivity index (χ3v) is 6.29. The van der Waals surface area contributed by atoms with Gasteiger partial charge in [0.05, 0.1) is 17.3 Å². The molecule has 1 atom stereocenters. The van der Waals surface area contributed by atoms with E-state index in [0.717, 1.165) is 43.4 Å². The molecule has 0 aliphatic carbocycles. The third kappa shape index (κ3) is 7.99. The lowest BCUT2D eigenvalue weighted by Crippen LogP contribution is -2.22. The maximum Gasteiger partial charge on any atom is 0.181 e. The fourth-order valence-electron chi connectivity index (χ4n) is 2.87. The Bertz CT molecular complexity index is 739. The topological polar surface area (TPSA) is 52.6 Å². The molecule has 1 fully saturated rings. The molecular formula is C22H32O4S. The lowest BCUT2D eigenvalue weighted by molar-refractivity contribution is -0.156. The number of ether oxygens (including phenoxy) is 2. The lowest BCUT2D eigenvalue weighted by Gasteiger charge is -2.22. The van der Waals surface area contributed by atoms with E-state index in [0.29, 0.717) is 11.5 Å². The minimum absolute atomic E-state index is 0.0483. The van der Waals surface area contributed by atoms with Crippen LogP contribution < -0.4 is 0 Å². The van der Waals surface area contributed by atoms with Gasteiger partial charge in [0, 0.05) is 6.61 Å². The van der Waals surface area contributed by atoms with Crippen LogP contribution in [-0.2, 0) is 19.3 Å². The van der Waals surface area contributed by atoms with Crippen molar-refractivity contribution in [1.82, 2.24) is 0 Å². The molecule has 0 spiro atoms. The SMILES string of the molecule is C/C(=C/CS(=O)(=O)c1ccc(C)cc1)CC/C=C(\C)COC1CCCCO1. The summed E-state index contributed by atoms with van der Waals surface area (Å²) >= 11 is 0. The summed E-state index contributed by atoms with van der Waals surface area (Å²) < 4.78 is 36.1. The van der Waals surface area contributed by atoms with Crippen LogP contribution in [0.3, 0.4) is 0 Å². The Balaban J connectivity index is 1.75. The van der Waals surface area contributed by atoms with Gasteiger partial charge in [0.15, 0.2) is 16.1 Å². The molecule has 0 radical (unpaired) electrons. The van der Waals surface area contributed by atoms with Crippen LogP contribution in [0.5, 0.6) is 0 Å². The van der Waals surface area contributed by atoms with E-state index < -0.39 is 9.84 Å². The summed E-state index contributed by atoms with van der Waals surface area (Å²) in [6, 6.07) is 7.01. The highest BCUT2D eigenvalue weighted by atomic mass is 32.2. The van der Waals surface area contributed by atoms with Crippen LogP contribution in [0.25, 0.3) is 0 Å². The van der Waals surface area contributed by atoms with Crippen LogP contribution in [0, 0.1) is 6.92 Å². The van der Waals surface area contributed by atoms with E-state index >= 15 is 0 Å². The van der Waals surface area contributed by atoms with Gasteiger partial charge >= 0.3 is 0 Å². The monoisotopic (exact) mass is 392 g/mol. The van der Waals surface area contributed by atoms with E-state index in [4.69, 9.17) is 9.47 Å². The molecule has 0 bridgehead atoms. The Labute approximate surface area is 164 Å². The lowest BCUT2D eigenvalue weighted by atomic mass is 10.1. The first kappa shape index (κ1) is 21.9. The van der Waals surface area contributed by atoms with Gasteiger partial charge in [-0.1, -0.05) is 41.0 Å². The Morgan fingerprint density at radius 1 is 1.15 bits per heavy atom. The van der Waals surface area contributed by atoms with E-state index in [1.807, 2.05) is 32.1 Å². The molecule has 0 N–H and O–H groups in total. The first-order valence-electron chi connectivity index (χ1n) is 9.71. The minimum atomic E-state index is -3.26. The molecule has 1 saturated heterocycles. The second-order valence-corrected chi connectivity index (χ2v) is 9.38. The van der Waals surface area contributed by atoms with Crippen LogP contribution in [0.4, 0.5) is 0 Å². The van der Waals surface area contributed by atoms with E-state index in [2.05, 4.69) is 13.0 Å². The molecule has 2 rings (SSSR count). The average Bonchev–Trinajstić information content (AvgIpc) is 2.66. The minimum Gasteiger partial charge on any atom is -0.353 e. The first-order chi connectivity index (χ1) is 12.9. The zero-order valence-electron chi connectivity index (χ0n) is 16.7. The maximum absolute atomic E-state index is 12.4. The number of aryl methyl sites for hydroxylation is 1. The Morgan fingerprint density at radius 3 is 2.56 bits per heavy atom. The number of hydrogen-bond donors (Lipinski definition) is 0. The number of allylic oxidation sites excluding steroid dienone is 2. The predicted molar refractivity (Wildman–Crippen MR) is 110 cm³/mol. The van der Waals surface area contributed by atoms with Gasteiger partial charge in [-0.05, 0) is 65.0 Å². The van der Waals surface area contributed by atoms with Gasteiger partial charge in [-0.3, -0.25) is 0 Å². The fourth-order valence-corrected chi connectivity index (χ4v) is 4.12. The number of rotatable bonds is 9. The standard InChI is InChI=1S/C22H32O4S/c1-18(14-16-27(23,24)21-12-10-19(2)11-13-21)7-6-8-20(3)17-26-22-9-4-5-15-25-22/h8,10-14,22H,4-7,9,15-17H2,1-3H3/b18-14-,20-8+. The van der Waals surface area contributed by atoms with Crippen LogP contribution in [0.1, 0.15) is 51.5 Å². The fraction of sp³-hybridized carbons (Fsp3) is 0.545. The number of benzene rings is 1. The molecule has 0 amide bonds. The quantitative estimate of drug-likeness (QED) is 0.556. The van der Waals surface area contributed by atoms with E-state index in [-0.39, 0.29) is 12.0 Å². The smallest absolute Gasteiger partial charge is 0.181 e. The molecule has 27 heavy (non-hydrogen) atoms. The highest BCUT2D eigenvalue weighted by Crippen LogP contribution is 2.16. The van der Waals surface area contributed by atoms with Crippen molar-refractivity contribution in [1.29, 1.82) is 0 Å². The van der Waals surface area contributed by atoms with Gasteiger partial charge in [-0.15, -0.1) is 0 Å². The molecule has 150 valence electrons. The summed E-state index contributed by atoms with van der Waals surface area (Å²) in [6.07, 6.45) is 8.93. The van der Waals surface area contributed by atoms with Crippen molar-refractivity contribution in [3.63, 3.8) is 0 Å². The number of sulfone groups is 1. The highest BCUT2D eigenvalue weighted by molar-refractivity contribution is 7.91. The zero-order valence-corrected chi connectivity index (χ0v) is 17.6. The molecule has 5 heteroatoms. The summed E-state index contributed by atoms with van der Waals surface area (Å²) in [6.45, 7) is 7.38. The van der Waals surface area contributed by atoms with Crippen molar-refractivity contribution in [2.24, 2.45) is 0 Å². The largest absolute Gasteiger partial charge is 0.353 e. The van der Waals surface area contributed by atoms with Crippen molar-refractivity contribution in [2.75, 3.05) is 19.0 Å². The van der Waals surface area contributed by atoms with Crippen molar-refractivity contribution < 1.29 is 17.9 Å². The van der Waals surface area contributed by atoms with Crippen LogP contribution in [0.15, 0.2) is 52.5 Å². The van der Waals surface area contributed by atoms with Crippen molar-refractivity contribution in [3.05, 3.63) is 53.1 Å². The first-order valence-corrected chi connectivity index (χ1v) is 11.4. The Morgan fingerprint density at radius 2 is 1.89 bits per heavy atom. The Hall–Kier alpha value is -1.43. The molecule has 4 nitrogen and oxygen atoms in total. The summed E-state index contributed by atoms with van der Waals surface area (Å²) in [7, 11) is -3.26. The van der Waals surface area contributed by atoms with Crippen molar-refractivity contribution in [3.8, 4) is 0 Å². The average molecular weight is 393 g/mol. The predicted octanol–water partition coefficient (Wildman–Crippen LogP) is 4.98. The van der Waals surface area contributed by atoms with Crippen LogP contribution in [0.2, 0.25) is 0 Å². The van der Waals surface area contributed by atoms with E-state index in [1.165, 1.54) is 12.0 Å². The summed E-state index contributed by atoms with van der Waals surface area (Å²) in [5.41, 5.74) is 3.33. The van der Waals surface area contributed by atoms with Gasteiger partial charge in [-0.25, -0.2) is 8.42 Å². The molecule has 1 heterocycles. The third-order valence-electron chi connectivity index (χ3n) is 4.70. The van der Waals surface area contributed by atoms with E-state index in [1.54, 1.807) is 12.1 Å². The molecule has 0 aromatic heterocycles. The molecule has 1 aromatic rings. The molecular weight excluding hydrogens is 360 g/mol.